The molecule has 0 unspecified atom stereocenters. The van der Waals surface area contributed by atoms with Crippen molar-refractivity contribution in [2.75, 3.05) is 0 Å². The van der Waals surface area contributed by atoms with Crippen molar-refractivity contribution in [3.05, 3.63) is 35.5 Å². The Morgan fingerprint density at radius 1 is 0.944 bits per heavy atom. The van der Waals surface area contributed by atoms with Crippen LogP contribution in [0.15, 0.2) is 24.4 Å². The summed E-state index contributed by atoms with van der Waals surface area (Å²) in [6.07, 6.45) is -0.489. The summed E-state index contributed by atoms with van der Waals surface area (Å²) in [6.45, 7) is 0. The maximum absolute atomic E-state index is 11.0. The highest BCUT2D eigenvalue weighted by Crippen LogP contribution is 2.25. The van der Waals surface area contributed by atoms with Crippen molar-refractivity contribution in [3.8, 4) is 0 Å². The lowest BCUT2D eigenvalue weighted by atomic mass is 10.1. The summed E-state index contributed by atoms with van der Waals surface area (Å²) in [5.74, 6) is -2.69. The van der Waals surface area contributed by atoms with Crippen molar-refractivity contribution in [3.63, 3.8) is 0 Å². The van der Waals surface area contributed by atoms with Crippen molar-refractivity contribution < 1.29 is 29.7 Å². The number of aromatic nitrogens is 1. The molecule has 1 aromatic carbocycles. The van der Waals surface area contributed by atoms with Crippen LogP contribution in [-0.4, -0.2) is 37.9 Å². The van der Waals surface area contributed by atoms with Crippen LogP contribution in [0.3, 0.4) is 0 Å². The van der Waals surface area contributed by atoms with Gasteiger partial charge in [-0.25, -0.2) is 14.4 Å². The van der Waals surface area contributed by atoms with E-state index in [2.05, 4.69) is 0 Å². The Kier molecular flexibility index (Phi) is 2.51. The van der Waals surface area contributed by atoms with Crippen LogP contribution in [0.5, 0.6) is 0 Å². The third kappa shape index (κ3) is 1.58. The molecule has 7 nitrogen and oxygen atoms in total. The molecule has 0 aliphatic heterocycles. The zero-order valence-electron chi connectivity index (χ0n) is 8.82. The summed E-state index contributed by atoms with van der Waals surface area (Å²) in [6, 6.07) is 3.93. The Hall–Kier alpha value is -2.83. The monoisotopic (exact) mass is 249 g/mol. The zero-order valence-corrected chi connectivity index (χ0v) is 8.82. The second kappa shape index (κ2) is 3.88. The van der Waals surface area contributed by atoms with Crippen molar-refractivity contribution in [2.45, 2.75) is 0 Å². The summed E-state index contributed by atoms with van der Waals surface area (Å²) in [5, 5.41) is 26.8. The van der Waals surface area contributed by atoms with Crippen LogP contribution in [0, 0.1) is 0 Å². The summed E-state index contributed by atoms with van der Waals surface area (Å²) < 4.78 is 0.686. The van der Waals surface area contributed by atoms with E-state index in [1.54, 1.807) is 0 Å². The van der Waals surface area contributed by atoms with Gasteiger partial charge in [-0.2, -0.15) is 0 Å². The number of hydrogen-bond donors (Lipinski definition) is 3. The minimum Gasteiger partial charge on any atom is -0.478 e. The van der Waals surface area contributed by atoms with E-state index in [1.807, 2.05) is 0 Å². The average molecular weight is 249 g/mol. The third-order valence-corrected chi connectivity index (χ3v) is 2.50. The molecule has 7 heteroatoms. The van der Waals surface area contributed by atoms with Crippen LogP contribution >= 0.6 is 0 Å². The fourth-order valence-electron chi connectivity index (χ4n) is 1.79. The van der Waals surface area contributed by atoms with Crippen LogP contribution in [0.25, 0.3) is 10.9 Å². The van der Waals surface area contributed by atoms with Crippen molar-refractivity contribution in [2.24, 2.45) is 0 Å². The van der Waals surface area contributed by atoms with Gasteiger partial charge in [0.15, 0.2) is 0 Å². The number of rotatable bonds is 2. The molecular formula is C11H7NO6. The number of carboxylic acid groups (broad SMARTS) is 3. The number of carbonyl (C=O) groups is 3. The Bertz CT molecular complexity index is 684. The minimum absolute atomic E-state index is 0.0276. The highest BCUT2D eigenvalue weighted by atomic mass is 16.4. The van der Waals surface area contributed by atoms with Crippen LogP contribution < -0.4 is 0 Å². The molecular weight excluding hydrogens is 242 g/mol. The number of fused-ring (bicyclic) bond motifs is 1. The molecule has 3 N–H and O–H groups in total. The van der Waals surface area contributed by atoms with Gasteiger partial charge in [0, 0.05) is 11.6 Å². The lowest BCUT2D eigenvalue weighted by Gasteiger charge is -2.00. The molecule has 18 heavy (non-hydrogen) atoms. The van der Waals surface area contributed by atoms with E-state index in [0.29, 0.717) is 4.57 Å². The molecule has 1 aromatic heterocycles. The summed E-state index contributed by atoms with van der Waals surface area (Å²) >= 11 is 0. The molecule has 0 aliphatic rings. The van der Waals surface area contributed by atoms with Gasteiger partial charge in [0.05, 0.1) is 16.6 Å². The van der Waals surface area contributed by atoms with E-state index in [1.165, 1.54) is 18.2 Å². The summed E-state index contributed by atoms with van der Waals surface area (Å²) in [7, 11) is 0. The second-order valence-corrected chi connectivity index (χ2v) is 3.51. The quantitative estimate of drug-likeness (QED) is 0.743. The van der Waals surface area contributed by atoms with Gasteiger partial charge in [0.2, 0.25) is 0 Å². The van der Waals surface area contributed by atoms with Crippen LogP contribution in [-0.2, 0) is 0 Å². The highest BCUT2D eigenvalue weighted by molar-refractivity contribution is 6.13. The van der Waals surface area contributed by atoms with Crippen LogP contribution in [0.4, 0.5) is 4.79 Å². The zero-order chi connectivity index (χ0) is 13.4. The third-order valence-electron chi connectivity index (χ3n) is 2.50. The van der Waals surface area contributed by atoms with Gasteiger partial charge in [0.1, 0.15) is 0 Å². The summed E-state index contributed by atoms with van der Waals surface area (Å²) in [5.41, 5.74) is -0.574. The van der Waals surface area contributed by atoms with Gasteiger partial charge in [-0.3, -0.25) is 4.57 Å². The fraction of sp³-hybridized carbons (Fsp3) is 0. The Labute approximate surface area is 99.5 Å². The number of aromatic carboxylic acids is 2. The van der Waals surface area contributed by atoms with Gasteiger partial charge in [-0.1, -0.05) is 6.07 Å². The van der Waals surface area contributed by atoms with E-state index in [0.717, 1.165) is 6.20 Å². The van der Waals surface area contributed by atoms with E-state index in [9.17, 15) is 14.4 Å². The van der Waals surface area contributed by atoms with Gasteiger partial charge in [-0.15, -0.1) is 0 Å². The molecule has 0 atom stereocenters. The molecule has 2 rings (SSSR count). The van der Waals surface area contributed by atoms with E-state index in [4.69, 9.17) is 15.3 Å². The molecule has 0 saturated heterocycles. The standard InChI is InChI=1S/C11H7NO6/c13-9(14)5-2-1-3-7-8(5)6(10(15)16)4-12(7)11(17)18/h1-4H,(H,13,14)(H,15,16)(H,17,18). The molecule has 0 fully saturated rings. The lowest BCUT2D eigenvalue weighted by molar-refractivity contribution is 0.0695. The largest absolute Gasteiger partial charge is 0.478 e. The molecule has 1 heterocycles. The normalized spacial score (nSPS) is 10.4. The second-order valence-electron chi connectivity index (χ2n) is 3.51. The molecule has 0 spiro atoms. The van der Waals surface area contributed by atoms with Crippen molar-refractivity contribution >= 4 is 28.9 Å². The molecule has 92 valence electrons. The molecule has 0 radical (unpaired) electrons. The van der Waals surface area contributed by atoms with Crippen LogP contribution in [0.1, 0.15) is 20.7 Å². The number of carboxylic acids is 2. The molecule has 2 aromatic rings. The van der Waals surface area contributed by atoms with E-state index in [-0.39, 0.29) is 22.0 Å². The maximum atomic E-state index is 11.0. The topological polar surface area (TPSA) is 117 Å². The summed E-state index contributed by atoms with van der Waals surface area (Å²) in [4.78, 5) is 33.0. The number of benzene rings is 1. The predicted molar refractivity (Wildman–Crippen MR) is 59.3 cm³/mol. The van der Waals surface area contributed by atoms with Crippen molar-refractivity contribution in [1.82, 2.24) is 4.57 Å². The first-order valence-electron chi connectivity index (χ1n) is 4.77. The average Bonchev–Trinajstić information content (AvgIpc) is 2.67. The highest BCUT2D eigenvalue weighted by Gasteiger charge is 2.22. The predicted octanol–water partition coefficient (Wildman–Crippen LogP) is 1.56. The van der Waals surface area contributed by atoms with Gasteiger partial charge in [0.25, 0.3) is 0 Å². The number of hydrogen-bond acceptors (Lipinski definition) is 3. The minimum atomic E-state index is -1.38. The molecule has 0 amide bonds. The smallest absolute Gasteiger partial charge is 0.416 e. The Morgan fingerprint density at radius 3 is 2.06 bits per heavy atom. The van der Waals surface area contributed by atoms with Gasteiger partial charge in [-0.05, 0) is 12.1 Å². The Balaban J connectivity index is 2.96. The van der Waals surface area contributed by atoms with Crippen molar-refractivity contribution in [1.29, 1.82) is 0 Å². The first-order chi connectivity index (χ1) is 8.43. The molecule has 0 aliphatic carbocycles. The SMILES string of the molecule is O=C(O)c1cccc2c1c(C(=O)O)cn2C(=O)O. The number of nitrogens with zero attached hydrogens (tertiary/aromatic N) is 1. The van der Waals surface area contributed by atoms with E-state index < -0.39 is 18.0 Å². The first-order valence-corrected chi connectivity index (χ1v) is 4.77. The van der Waals surface area contributed by atoms with Gasteiger partial charge < -0.3 is 15.3 Å². The maximum Gasteiger partial charge on any atom is 0.416 e. The molecule has 0 saturated carbocycles. The fourth-order valence-corrected chi connectivity index (χ4v) is 1.79. The Morgan fingerprint density at radius 2 is 1.56 bits per heavy atom. The lowest BCUT2D eigenvalue weighted by Crippen LogP contribution is -2.06. The van der Waals surface area contributed by atoms with Gasteiger partial charge >= 0.3 is 18.0 Å². The van der Waals surface area contributed by atoms with Crippen LogP contribution in [0.2, 0.25) is 0 Å². The molecule has 0 bridgehead atoms. The van der Waals surface area contributed by atoms with E-state index >= 15 is 0 Å². The first kappa shape index (κ1) is 11.6.